The van der Waals surface area contributed by atoms with E-state index in [1.165, 1.54) is 20.0 Å². The number of aromatic nitrogens is 1. The molecule has 15 heteroatoms. The van der Waals surface area contributed by atoms with E-state index in [1.54, 1.807) is 38.8 Å². The van der Waals surface area contributed by atoms with E-state index in [0.717, 1.165) is 10.9 Å². The lowest BCUT2D eigenvalue weighted by atomic mass is 9.80. The predicted molar refractivity (Wildman–Crippen MR) is 210 cm³/mol. The maximum atomic E-state index is 13.8. The number of carbonyl (C=O) groups is 2. The van der Waals surface area contributed by atoms with Crippen LogP contribution in [0.2, 0.25) is 0 Å². The number of fused-ring (bicyclic) bond motifs is 3. The van der Waals surface area contributed by atoms with Crippen LogP contribution in [0.15, 0.2) is 36.5 Å². The number of rotatable bonds is 9. The van der Waals surface area contributed by atoms with Gasteiger partial charge >= 0.3 is 11.9 Å². The van der Waals surface area contributed by atoms with Gasteiger partial charge in [0.2, 0.25) is 0 Å². The number of para-hydroxylation sites is 1. The van der Waals surface area contributed by atoms with Crippen molar-refractivity contribution >= 4 is 22.8 Å². The van der Waals surface area contributed by atoms with E-state index in [9.17, 15) is 35.1 Å². The summed E-state index contributed by atoms with van der Waals surface area (Å²) in [6, 6.07) is 8.05. The summed E-state index contributed by atoms with van der Waals surface area (Å²) in [4.78, 5) is 34.6. The first-order valence-corrected chi connectivity index (χ1v) is 20.3. The highest BCUT2D eigenvalue weighted by Crippen LogP contribution is 2.50. The van der Waals surface area contributed by atoms with Crippen LogP contribution in [-0.2, 0) is 28.5 Å². The fourth-order valence-electron chi connectivity index (χ4n) is 9.22. The molecule has 320 valence electrons. The highest BCUT2D eigenvalue weighted by atomic mass is 16.7. The van der Waals surface area contributed by atoms with Gasteiger partial charge in [0, 0.05) is 42.7 Å². The van der Waals surface area contributed by atoms with Gasteiger partial charge in [-0.15, -0.1) is 0 Å². The maximum Gasteiger partial charge on any atom is 0.339 e. The normalized spacial score (nSPS) is 40.4. The summed E-state index contributed by atoms with van der Waals surface area (Å²) in [5.74, 6) is -5.64. The molecule has 5 rings (SSSR count). The van der Waals surface area contributed by atoms with Gasteiger partial charge in [-0.1, -0.05) is 39.0 Å². The standard InChI is InChI=1S/C42H65N3O12/c1-11-33-41(8,51)35(48)27(6)44(9)20-23(2)18-40(7)36(25(4)42(52,57-40)26(5)37(49)55-33)56-39-34(47)32(16-24(3)54-39)45(10)21-30(46)22-53-38(50)29-17-28-14-12-13-15-31(28)43-19-29/h12-15,17,19,23-27,30,32-36,39,46-48,51-52H,11,16,18,20-22H2,1-10H3/t23-,24-,25-,26+,27-,30?,32?,33-,34?,35-,36-,39+,40+,41-,42?/m1/s1. The Labute approximate surface area is 336 Å². The van der Waals surface area contributed by atoms with Crippen LogP contribution in [0.1, 0.15) is 85.0 Å². The number of aliphatic hydroxyl groups excluding tert-OH is 3. The van der Waals surface area contributed by atoms with E-state index in [-0.39, 0.29) is 37.2 Å². The van der Waals surface area contributed by atoms with E-state index >= 15 is 0 Å². The van der Waals surface area contributed by atoms with Crippen molar-refractivity contribution in [3.63, 3.8) is 0 Å². The third kappa shape index (κ3) is 9.48. The van der Waals surface area contributed by atoms with Gasteiger partial charge in [0.1, 0.15) is 42.5 Å². The van der Waals surface area contributed by atoms with E-state index in [4.69, 9.17) is 23.7 Å². The van der Waals surface area contributed by atoms with Crippen LogP contribution in [-0.4, -0.2) is 158 Å². The number of ether oxygens (including phenoxy) is 5. The number of pyridine rings is 1. The largest absolute Gasteiger partial charge is 0.459 e. The average molecular weight is 804 g/mol. The summed E-state index contributed by atoms with van der Waals surface area (Å²) in [5.41, 5.74) is -1.96. The minimum Gasteiger partial charge on any atom is -0.459 e. The summed E-state index contributed by atoms with van der Waals surface area (Å²) in [6.45, 7) is 14.2. The van der Waals surface area contributed by atoms with Crippen molar-refractivity contribution in [1.82, 2.24) is 14.8 Å². The maximum absolute atomic E-state index is 13.8. The van der Waals surface area contributed by atoms with E-state index in [2.05, 4.69) is 4.98 Å². The van der Waals surface area contributed by atoms with Crippen molar-refractivity contribution < 1.29 is 58.8 Å². The number of nitrogens with zero attached hydrogens (tertiary/aromatic N) is 3. The number of carbonyl (C=O) groups excluding carboxylic acids is 2. The van der Waals surface area contributed by atoms with Crippen molar-refractivity contribution in [2.24, 2.45) is 17.8 Å². The zero-order valence-corrected chi connectivity index (χ0v) is 35.1. The molecule has 57 heavy (non-hydrogen) atoms. The minimum atomic E-state index is -2.08. The van der Waals surface area contributed by atoms with Crippen molar-refractivity contribution in [2.75, 3.05) is 33.8 Å². The van der Waals surface area contributed by atoms with Crippen LogP contribution in [0.3, 0.4) is 0 Å². The SMILES string of the molecule is CC[C@H]1OC(=O)[C@H](C)C2(O)O[C@@](C)(C[C@@H](C)CN(C)[C@H](C)[C@@H](O)[C@]1(C)O)[C@H](O[C@@H]1O[C@H](C)CC(N(C)CC(O)COC(=O)c3cnc4ccccc4c3)C1O)[C@H]2C. The molecule has 0 spiro atoms. The Bertz CT molecular complexity index is 1700. The molecule has 0 amide bonds. The first-order chi connectivity index (χ1) is 26.6. The molecule has 4 unspecified atom stereocenters. The monoisotopic (exact) mass is 803 g/mol. The summed E-state index contributed by atoms with van der Waals surface area (Å²) in [7, 11) is 3.60. The molecule has 2 bridgehead atoms. The van der Waals surface area contributed by atoms with Crippen molar-refractivity contribution in [3.8, 4) is 0 Å². The van der Waals surface area contributed by atoms with Crippen LogP contribution in [0.25, 0.3) is 10.9 Å². The summed E-state index contributed by atoms with van der Waals surface area (Å²) in [5, 5.41) is 58.7. The van der Waals surface area contributed by atoms with E-state index in [1.807, 2.05) is 57.0 Å². The van der Waals surface area contributed by atoms with Gasteiger partial charge in [0.05, 0.1) is 28.9 Å². The first-order valence-electron chi connectivity index (χ1n) is 20.3. The Balaban J connectivity index is 1.31. The van der Waals surface area contributed by atoms with Crippen LogP contribution in [0.4, 0.5) is 0 Å². The number of hydrogen-bond acceptors (Lipinski definition) is 15. The zero-order chi connectivity index (χ0) is 42.2. The number of benzene rings is 1. The molecular formula is C42H65N3O12. The van der Waals surface area contributed by atoms with Gasteiger partial charge in [-0.25, -0.2) is 4.79 Å². The summed E-state index contributed by atoms with van der Waals surface area (Å²) >= 11 is 0. The fraction of sp³-hybridized carbons (Fsp3) is 0.738. The number of esters is 2. The predicted octanol–water partition coefficient (Wildman–Crippen LogP) is 2.48. The average Bonchev–Trinajstić information content (AvgIpc) is 3.35. The van der Waals surface area contributed by atoms with Crippen molar-refractivity contribution in [2.45, 2.75) is 147 Å². The lowest BCUT2D eigenvalue weighted by molar-refractivity contribution is -0.287. The molecule has 15 nitrogen and oxygen atoms in total. The summed E-state index contributed by atoms with van der Waals surface area (Å²) < 4.78 is 30.7. The zero-order valence-electron chi connectivity index (χ0n) is 35.1. The smallest absolute Gasteiger partial charge is 0.339 e. The molecule has 4 heterocycles. The van der Waals surface area contributed by atoms with Crippen LogP contribution >= 0.6 is 0 Å². The number of cyclic esters (lactones) is 1. The molecule has 0 radical (unpaired) electrons. The molecule has 0 saturated carbocycles. The number of likely N-dealkylation sites (N-methyl/N-ethyl adjacent to an activating group) is 2. The van der Waals surface area contributed by atoms with Gasteiger partial charge < -0.3 is 54.1 Å². The first kappa shape index (κ1) is 45.3. The molecule has 15 atom stereocenters. The van der Waals surface area contributed by atoms with Gasteiger partial charge in [0.25, 0.3) is 0 Å². The van der Waals surface area contributed by atoms with Crippen LogP contribution < -0.4 is 0 Å². The van der Waals surface area contributed by atoms with Gasteiger partial charge in [-0.3, -0.25) is 14.7 Å². The molecule has 3 aliphatic heterocycles. The molecule has 3 saturated heterocycles. The highest BCUT2D eigenvalue weighted by molar-refractivity contribution is 5.93. The molecule has 3 fully saturated rings. The summed E-state index contributed by atoms with van der Waals surface area (Å²) in [6.07, 6.45) is -4.63. The Hall–Kier alpha value is -2.83. The Morgan fingerprint density at radius 2 is 1.81 bits per heavy atom. The van der Waals surface area contributed by atoms with Crippen molar-refractivity contribution in [3.05, 3.63) is 42.1 Å². The van der Waals surface area contributed by atoms with E-state index < -0.39 is 89.7 Å². The molecule has 5 N–H and O–H groups in total. The third-order valence-corrected chi connectivity index (χ3v) is 12.7. The molecule has 1 aromatic carbocycles. The topological polar surface area (TPSA) is 201 Å². The second kappa shape index (κ2) is 17.8. The Morgan fingerprint density at radius 3 is 2.49 bits per heavy atom. The lowest BCUT2D eigenvalue weighted by Gasteiger charge is -2.45. The number of hydrogen-bond donors (Lipinski definition) is 5. The fourth-order valence-corrected chi connectivity index (χ4v) is 9.22. The Kier molecular flexibility index (Phi) is 14.1. The number of aliphatic hydroxyl groups is 5. The van der Waals surface area contributed by atoms with Gasteiger partial charge in [0.15, 0.2) is 12.1 Å². The van der Waals surface area contributed by atoms with Gasteiger partial charge in [-0.2, -0.15) is 0 Å². The van der Waals surface area contributed by atoms with E-state index in [0.29, 0.717) is 19.4 Å². The molecule has 2 aromatic rings. The molecule has 3 aliphatic rings. The van der Waals surface area contributed by atoms with Crippen LogP contribution in [0, 0.1) is 17.8 Å². The third-order valence-electron chi connectivity index (χ3n) is 12.7. The van der Waals surface area contributed by atoms with Crippen LogP contribution in [0.5, 0.6) is 0 Å². The molecule has 1 aromatic heterocycles. The lowest BCUT2D eigenvalue weighted by Crippen LogP contribution is -2.59. The Morgan fingerprint density at radius 1 is 1.12 bits per heavy atom. The quantitative estimate of drug-likeness (QED) is 0.232. The minimum absolute atomic E-state index is 0.0637. The second-order valence-corrected chi connectivity index (χ2v) is 17.4. The molecular weight excluding hydrogens is 738 g/mol. The van der Waals surface area contributed by atoms with Gasteiger partial charge in [-0.05, 0) is 86.0 Å². The second-order valence-electron chi connectivity index (χ2n) is 17.4. The highest BCUT2D eigenvalue weighted by Gasteiger charge is 2.64. The van der Waals surface area contributed by atoms with Crippen molar-refractivity contribution in [1.29, 1.82) is 0 Å². The molecule has 0 aliphatic carbocycles.